The lowest BCUT2D eigenvalue weighted by Gasteiger charge is -2.49. The fourth-order valence-electron chi connectivity index (χ4n) is 4.74. The summed E-state index contributed by atoms with van der Waals surface area (Å²) in [6.07, 6.45) is -17.5. The second kappa shape index (κ2) is 11.1. The van der Waals surface area contributed by atoms with Gasteiger partial charge in [0.15, 0.2) is 6.29 Å². The molecule has 1 saturated heterocycles. The minimum Gasteiger partial charge on any atom is -0.394 e. The number of ether oxygens (including phenoxy) is 2. The Bertz CT molecular complexity index is 694. The first-order valence-electron chi connectivity index (χ1n) is 11.1. The van der Waals surface area contributed by atoms with Gasteiger partial charge in [0, 0.05) is 5.92 Å². The average molecular weight is 497 g/mol. The van der Waals surface area contributed by atoms with E-state index in [0.717, 1.165) is 0 Å². The van der Waals surface area contributed by atoms with E-state index in [1.165, 1.54) is 13.0 Å². The zero-order valence-electron chi connectivity index (χ0n) is 18.4. The summed E-state index contributed by atoms with van der Waals surface area (Å²) in [5, 5.41) is 114. The minimum absolute atomic E-state index is 0.0208. The van der Waals surface area contributed by atoms with E-state index in [2.05, 4.69) is 5.32 Å². The van der Waals surface area contributed by atoms with Gasteiger partial charge in [-0.1, -0.05) is 13.0 Å². The van der Waals surface area contributed by atoms with Gasteiger partial charge in [-0.15, -0.1) is 0 Å². The van der Waals surface area contributed by atoms with Gasteiger partial charge >= 0.3 is 0 Å². The Balaban J connectivity index is 1.74. The fourth-order valence-corrected chi connectivity index (χ4v) is 4.74. The van der Waals surface area contributed by atoms with Gasteiger partial charge in [0.25, 0.3) is 0 Å². The highest BCUT2D eigenvalue weighted by atomic mass is 16.7. The number of nitrogens with one attached hydrogen (secondary N) is 1. The van der Waals surface area contributed by atoms with Crippen molar-refractivity contribution in [1.29, 1.82) is 0 Å². The molecule has 0 radical (unpaired) electrons. The smallest absolute Gasteiger partial charge is 0.187 e. The molecular formula is C20H35NO13. The highest BCUT2D eigenvalue weighted by Gasteiger charge is 2.52. The molecule has 0 amide bonds. The van der Waals surface area contributed by atoms with Gasteiger partial charge in [0.1, 0.15) is 54.9 Å². The SMILES string of the molecule is CC1C(O)C(NC2C=C(CO)C(O)C(O)C2O)C(O)C(O)C1OC1OC(CO)C(O)C(O)C1O. The molecule has 14 nitrogen and oxygen atoms in total. The molecule has 0 aromatic heterocycles. The van der Waals surface area contributed by atoms with E-state index in [9.17, 15) is 56.2 Å². The molecule has 0 aromatic rings. The normalized spacial score (nSPS) is 52.4. The van der Waals surface area contributed by atoms with E-state index < -0.39 is 105 Å². The molecule has 15 unspecified atom stereocenters. The molecule has 1 aliphatic heterocycles. The van der Waals surface area contributed by atoms with Crippen molar-refractivity contribution in [2.45, 2.75) is 92.4 Å². The Hall–Kier alpha value is -0.820. The molecule has 12 N–H and O–H groups in total. The Morgan fingerprint density at radius 3 is 2.03 bits per heavy atom. The largest absolute Gasteiger partial charge is 0.394 e. The van der Waals surface area contributed by atoms with E-state index in [4.69, 9.17) is 9.47 Å². The van der Waals surface area contributed by atoms with Crippen LogP contribution in [0.25, 0.3) is 0 Å². The van der Waals surface area contributed by atoms with E-state index >= 15 is 0 Å². The lowest BCUT2D eigenvalue weighted by molar-refractivity contribution is -0.330. The van der Waals surface area contributed by atoms with Crippen LogP contribution in [-0.2, 0) is 9.47 Å². The second-order valence-electron chi connectivity index (χ2n) is 9.17. The van der Waals surface area contributed by atoms with Crippen LogP contribution in [0.1, 0.15) is 6.92 Å². The van der Waals surface area contributed by atoms with E-state index in [0.29, 0.717) is 0 Å². The third-order valence-corrected chi connectivity index (χ3v) is 7.00. The molecule has 2 fully saturated rings. The Kier molecular flexibility index (Phi) is 9.03. The summed E-state index contributed by atoms with van der Waals surface area (Å²) in [7, 11) is 0. The van der Waals surface area contributed by atoms with Gasteiger partial charge in [-0.3, -0.25) is 0 Å². The first-order chi connectivity index (χ1) is 15.9. The highest BCUT2D eigenvalue weighted by molar-refractivity contribution is 5.22. The Morgan fingerprint density at radius 1 is 0.794 bits per heavy atom. The van der Waals surface area contributed by atoms with Crippen molar-refractivity contribution in [3.8, 4) is 0 Å². The van der Waals surface area contributed by atoms with Gasteiger partial charge in [-0.25, -0.2) is 0 Å². The van der Waals surface area contributed by atoms with Crippen LogP contribution in [0.4, 0.5) is 0 Å². The van der Waals surface area contributed by atoms with Crippen LogP contribution in [0.2, 0.25) is 0 Å². The van der Waals surface area contributed by atoms with Crippen LogP contribution >= 0.6 is 0 Å². The van der Waals surface area contributed by atoms with Gasteiger partial charge in [-0.2, -0.15) is 0 Å². The average Bonchev–Trinajstić information content (AvgIpc) is 2.82. The zero-order chi connectivity index (χ0) is 25.5. The lowest BCUT2D eigenvalue weighted by Crippen LogP contribution is -2.69. The highest BCUT2D eigenvalue weighted by Crippen LogP contribution is 2.33. The van der Waals surface area contributed by atoms with Crippen molar-refractivity contribution in [2.75, 3.05) is 13.2 Å². The van der Waals surface area contributed by atoms with Crippen molar-refractivity contribution in [3.63, 3.8) is 0 Å². The molecule has 1 saturated carbocycles. The summed E-state index contributed by atoms with van der Waals surface area (Å²) < 4.78 is 10.8. The Labute approximate surface area is 194 Å². The quantitative estimate of drug-likeness (QED) is 0.152. The van der Waals surface area contributed by atoms with Gasteiger partial charge in [0.2, 0.25) is 0 Å². The number of aliphatic hydroxyl groups excluding tert-OH is 11. The molecule has 198 valence electrons. The van der Waals surface area contributed by atoms with Crippen molar-refractivity contribution in [1.82, 2.24) is 5.32 Å². The molecule has 34 heavy (non-hydrogen) atoms. The van der Waals surface area contributed by atoms with Crippen molar-refractivity contribution in [3.05, 3.63) is 11.6 Å². The minimum atomic E-state index is -1.75. The molecule has 15 atom stereocenters. The van der Waals surface area contributed by atoms with Crippen LogP contribution in [0, 0.1) is 5.92 Å². The molecule has 0 aromatic carbocycles. The summed E-state index contributed by atoms with van der Waals surface area (Å²) >= 11 is 0. The summed E-state index contributed by atoms with van der Waals surface area (Å²) in [5.41, 5.74) is 0.0208. The molecule has 3 rings (SSSR count). The maximum Gasteiger partial charge on any atom is 0.187 e. The molecule has 0 spiro atoms. The summed E-state index contributed by atoms with van der Waals surface area (Å²) in [6, 6.07) is -2.35. The third kappa shape index (κ3) is 5.02. The number of rotatable bonds is 6. The zero-order valence-corrected chi connectivity index (χ0v) is 18.4. The molecule has 2 aliphatic carbocycles. The number of hydrogen-bond donors (Lipinski definition) is 12. The molecule has 0 bridgehead atoms. The number of hydrogen-bond acceptors (Lipinski definition) is 14. The predicted molar refractivity (Wildman–Crippen MR) is 110 cm³/mol. The maximum absolute atomic E-state index is 10.8. The number of aliphatic hydroxyl groups is 11. The summed E-state index contributed by atoms with van der Waals surface area (Å²) in [5.74, 6) is -0.916. The third-order valence-electron chi connectivity index (χ3n) is 7.00. The molecule has 3 aliphatic rings. The van der Waals surface area contributed by atoms with Crippen LogP contribution < -0.4 is 5.32 Å². The van der Waals surface area contributed by atoms with Crippen molar-refractivity contribution in [2.24, 2.45) is 5.92 Å². The maximum atomic E-state index is 10.8. The fraction of sp³-hybridized carbons (Fsp3) is 0.900. The predicted octanol–water partition coefficient (Wildman–Crippen LogP) is -6.75. The lowest BCUT2D eigenvalue weighted by atomic mass is 9.77. The second-order valence-corrected chi connectivity index (χ2v) is 9.17. The molecule has 14 heteroatoms. The first-order valence-corrected chi connectivity index (χ1v) is 11.1. The summed E-state index contributed by atoms with van der Waals surface area (Å²) in [4.78, 5) is 0. The van der Waals surface area contributed by atoms with Gasteiger partial charge < -0.3 is 71.0 Å². The first kappa shape index (κ1) is 27.8. The van der Waals surface area contributed by atoms with Crippen LogP contribution in [-0.4, -0.2) is 155 Å². The topological polar surface area (TPSA) is 253 Å². The molecular weight excluding hydrogens is 462 g/mol. The standard InChI is InChI=1S/C20H35NO13/c1-5-10(24)9(21-7-2-6(3-22)11(25)15(29)12(7)26)14(28)17(31)19(5)34-20-18(32)16(30)13(27)8(4-23)33-20/h2,5,7-32H,3-4H2,1H3. The van der Waals surface area contributed by atoms with Crippen molar-refractivity contribution < 1.29 is 65.6 Å². The van der Waals surface area contributed by atoms with Crippen LogP contribution in [0.15, 0.2) is 11.6 Å². The van der Waals surface area contributed by atoms with Gasteiger partial charge in [0.05, 0.1) is 37.5 Å². The summed E-state index contributed by atoms with van der Waals surface area (Å²) in [6.45, 7) is 0.166. The molecule has 1 heterocycles. The van der Waals surface area contributed by atoms with Crippen LogP contribution in [0.3, 0.4) is 0 Å². The monoisotopic (exact) mass is 497 g/mol. The van der Waals surface area contributed by atoms with E-state index in [1.807, 2.05) is 0 Å². The van der Waals surface area contributed by atoms with E-state index in [-0.39, 0.29) is 5.57 Å². The van der Waals surface area contributed by atoms with E-state index in [1.54, 1.807) is 0 Å². The Morgan fingerprint density at radius 2 is 1.44 bits per heavy atom. The van der Waals surface area contributed by atoms with Crippen molar-refractivity contribution >= 4 is 0 Å². The van der Waals surface area contributed by atoms with Crippen LogP contribution in [0.5, 0.6) is 0 Å². The van der Waals surface area contributed by atoms with Gasteiger partial charge in [-0.05, 0) is 5.57 Å².